The largest absolute Gasteiger partial charge is 0.459 e. The van der Waals surface area contributed by atoms with E-state index in [2.05, 4.69) is 19.2 Å². The molecule has 1 aromatic heterocycles. The molecule has 1 aliphatic rings. The summed E-state index contributed by atoms with van der Waals surface area (Å²) in [5, 5.41) is 3.48. The quantitative estimate of drug-likeness (QED) is 0.893. The van der Waals surface area contributed by atoms with Gasteiger partial charge in [-0.05, 0) is 31.9 Å². The van der Waals surface area contributed by atoms with Crippen molar-refractivity contribution in [3.8, 4) is 0 Å². The molecule has 0 bridgehead atoms. The van der Waals surface area contributed by atoms with E-state index in [9.17, 15) is 4.79 Å². The first-order valence-corrected chi connectivity index (χ1v) is 6.70. The molecule has 2 rings (SSSR count). The van der Waals surface area contributed by atoms with Crippen molar-refractivity contribution in [3.63, 3.8) is 0 Å². The Labute approximate surface area is 108 Å². The molecular weight excluding hydrogens is 228 g/mol. The average Bonchev–Trinajstić information content (AvgIpc) is 2.77. The van der Waals surface area contributed by atoms with Crippen molar-refractivity contribution < 1.29 is 9.21 Å². The molecule has 2 unspecified atom stereocenters. The van der Waals surface area contributed by atoms with Crippen LogP contribution in [-0.2, 0) is 0 Å². The van der Waals surface area contributed by atoms with E-state index in [1.165, 1.54) is 0 Å². The normalized spacial score (nSPS) is 24.3. The predicted octanol–water partition coefficient (Wildman–Crippen LogP) is 2.05. The highest BCUT2D eigenvalue weighted by Crippen LogP contribution is 2.20. The molecule has 4 heteroatoms. The van der Waals surface area contributed by atoms with Gasteiger partial charge < -0.3 is 14.6 Å². The van der Waals surface area contributed by atoms with Crippen LogP contribution in [0.4, 0.5) is 0 Å². The van der Waals surface area contributed by atoms with Gasteiger partial charge in [-0.15, -0.1) is 0 Å². The van der Waals surface area contributed by atoms with Crippen LogP contribution in [-0.4, -0.2) is 36.5 Å². The molecule has 0 saturated carbocycles. The predicted molar refractivity (Wildman–Crippen MR) is 70.6 cm³/mol. The molecule has 0 aromatic carbocycles. The Morgan fingerprint density at radius 1 is 1.61 bits per heavy atom. The maximum atomic E-state index is 12.3. The zero-order valence-electron chi connectivity index (χ0n) is 11.4. The number of likely N-dealkylation sites (tertiary alicyclic amines) is 1. The Bertz CT molecular complexity index is 414. The third kappa shape index (κ3) is 2.58. The minimum Gasteiger partial charge on any atom is -0.459 e. The van der Waals surface area contributed by atoms with Crippen LogP contribution in [0.15, 0.2) is 16.7 Å². The highest BCUT2D eigenvalue weighted by Gasteiger charge is 2.30. The van der Waals surface area contributed by atoms with E-state index in [-0.39, 0.29) is 5.91 Å². The Morgan fingerprint density at radius 3 is 2.94 bits per heavy atom. The van der Waals surface area contributed by atoms with E-state index >= 15 is 0 Å². The molecule has 2 heterocycles. The number of rotatable bonds is 3. The Morgan fingerprint density at radius 2 is 2.39 bits per heavy atom. The first-order chi connectivity index (χ1) is 8.63. The van der Waals surface area contributed by atoms with E-state index in [4.69, 9.17) is 4.42 Å². The fourth-order valence-corrected chi connectivity index (χ4v) is 2.63. The van der Waals surface area contributed by atoms with Gasteiger partial charge in [-0.2, -0.15) is 0 Å². The van der Waals surface area contributed by atoms with Gasteiger partial charge in [-0.1, -0.05) is 13.8 Å². The topological polar surface area (TPSA) is 45.5 Å². The number of furan rings is 1. The van der Waals surface area contributed by atoms with Gasteiger partial charge in [0, 0.05) is 24.7 Å². The minimum absolute atomic E-state index is 0.0271. The lowest BCUT2D eigenvalue weighted by atomic mass is 9.93. The van der Waals surface area contributed by atoms with Crippen molar-refractivity contribution in [2.75, 3.05) is 19.6 Å². The lowest BCUT2D eigenvalue weighted by Gasteiger charge is -2.37. The Kier molecular flexibility index (Phi) is 4.07. The van der Waals surface area contributed by atoms with Crippen LogP contribution >= 0.6 is 0 Å². The molecule has 100 valence electrons. The molecule has 0 aliphatic carbocycles. The van der Waals surface area contributed by atoms with Crippen LogP contribution in [0.25, 0.3) is 0 Å². The molecular formula is C14H22N2O2. The Hall–Kier alpha value is -1.29. The van der Waals surface area contributed by atoms with Gasteiger partial charge in [-0.25, -0.2) is 0 Å². The van der Waals surface area contributed by atoms with Gasteiger partial charge in [0.25, 0.3) is 5.91 Å². The highest BCUT2D eigenvalue weighted by molar-refractivity contribution is 5.92. The molecule has 0 spiro atoms. The number of nitrogens with zero attached hydrogens (tertiary/aromatic N) is 1. The number of piperidine rings is 1. The maximum absolute atomic E-state index is 12.3. The van der Waals surface area contributed by atoms with Gasteiger partial charge >= 0.3 is 0 Å². The summed E-state index contributed by atoms with van der Waals surface area (Å²) in [6.45, 7) is 8.82. The third-order valence-electron chi connectivity index (χ3n) is 3.72. The number of hydrogen-bond donors (Lipinski definition) is 1. The second kappa shape index (κ2) is 5.57. The number of aryl methyl sites for hydroxylation is 1. The summed E-state index contributed by atoms with van der Waals surface area (Å²) in [7, 11) is 0. The first kappa shape index (κ1) is 13.1. The SMILES string of the molecule is CCNC1CCN(C(=O)c2occc2C)CC1C. The molecule has 2 atom stereocenters. The third-order valence-corrected chi connectivity index (χ3v) is 3.72. The molecule has 4 nitrogen and oxygen atoms in total. The summed E-state index contributed by atoms with van der Waals surface area (Å²) in [6, 6.07) is 2.36. The molecule has 1 N–H and O–H groups in total. The molecule has 18 heavy (non-hydrogen) atoms. The molecule has 1 aliphatic heterocycles. The van der Waals surface area contributed by atoms with Crippen molar-refractivity contribution in [1.82, 2.24) is 10.2 Å². The van der Waals surface area contributed by atoms with Crippen molar-refractivity contribution in [2.24, 2.45) is 5.92 Å². The minimum atomic E-state index is 0.0271. The zero-order chi connectivity index (χ0) is 13.1. The maximum Gasteiger partial charge on any atom is 0.289 e. The Balaban J connectivity index is 2.00. The van der Waals surface area contributed by atoms with E-state index in [0.717, 1.165) is 31.6 Å². The zero-order valence-corrected chi connectivity index (χ0v) is 11.4. The van der Waals surface area contributed by atoms with Gasteiger partial charge in [0.2, 0.25) is 0 Å². The van der Waals surface area contributed by atoms with Crippen LogP contribution in [0.2, 0.25) is 0 Å². The molecule has 0 radical (unpaired) electrons. The fraction of sp³-hybridized carbons (Fsp3) is 0.643. The van der Waals surface area contributed by atoms with E-state index in [1.807, 2.05) is 17.9 Å². The van der Waals surface area contributed by atoms with E-state index < -0.39 is 0 Å². The number of carbonyl (C=O) groups is 1. The van der Waals surface area contributed by atoms with Crippen LogP contribution in [0.5, 0.6) is 0 Å². The summed E-state index contributed by atoms with van der Waals surface area (Å²) in [5.41, 5.74) is 0.918. The highest BCUT2D eigenvalue weighted by atomic mass is 16.3. The van der Waals surface area contributed by atoms with Gasteiger partial charge in [0.15, 0.2) is 5.76 Å². The van der Waals surface area contributed by atoms with Gasteiger partial charge in [-0.3, -0.25) is 4.79 Å². The van der Waals surface area contributed by atoms with Crippen LogP contribution < -0.4 is 5.32 Å². The van der Waals surface area contributed by atoms with Gasteiger partial charge in [0.05, 0.1) is 6.26 Å². The van der Waals surface area contributed by atoms with Crippen molar-refractivity contribution in [2.45, 2.75) is 33.2 Å². The van der Waals surface area contributed by atoms with Crippen molar-refractivity contribution in [1.29, 1.82) is 0 Å². The van der Waals surface area contributed by atoms with E-state index in [0.29, 0.717) is 17.7 Å². The summed E-state index contributed by atoms with van der Waals surface area (Å²) in [6.07, 6.45) is 2.60. The lowest BCUT2D eigenvalue weighted by molar-refractivity contribution is 0.0613. The van der Waals surface area contributed by atoms with Crippen LogP contribution in [0.3, 0.4) is 0 Å². The molecule has 1 amide bonds. The van der Waals surface area contributed by atoms with Crippen LogP contribution in [0.1, 0.15) is 36.4 Å². The lowest BCUT2D eigenvalue weighted by Crippen LogP contribution is -2.50. The average molecular weight is 250 g/mol. The standard InChI is InChI=1S/C14H22N2O2/c1-4-15-12-5-7-16(9-11(12)3)14(17)13-10(2)6-8-18-13/h6,8,11-12,15H,4-5,7,9H2,1-3H3. The fourth-order valence-electron chi connectivity index (χ4n) is 2.63. The van der Waals surface area contributed by atoms with Crippen LogP contribution in [0, 0.1) is 12.8 Å². The monoisotopic (exact) mass is 250 g/mol. The summed E-state index contributed by atoms with van der Waals surface area (Å²) < 4.78 is 5.28. The smallest absolute Gasteiger partial charge is 0.289 e. The molecule has 1 fully saturated rings. The molecule has 1 aromatic rings. The first-order valence-electron chi connectivity index (χ1n) is 6.70. The second-order valence-electron chi connectivity index (χ2n) is 5.11. The van der Waals surface area contributed by atoms with Gasteiger partial charge in [0.1, 0.15) is 0 Å². The summed E-state index contributed by atoms with van der Waals surface area (Å²) >= 11 is 0. The summed E-state index contributed by atoms with van der Waals surface area (Å²) in [4.78, 5) is 14.2. The van der Waals surface area contributed by atoms with E-state index in [1.54, 1.807) is 6.26 Å². The number of hydrogen-bond acceptors (Lipinski definition) is 3. The van der Waals surface area contributed by atoms with Crippen molar-refractivity contribution >= 4 is 5.91 Å². The number of carbonyl (C=O) groups excluding carboxylic acids is 1. The summed E-state index contributed by atoms with van der Waals surface area (Å²) in [5.74, 6) is 1.00. The number of amides is 1. The second-order valence-corrected chi connectivity index (χ2v) is 5.11. The number of nitrogens with one attached hydrogen (secondary N) is 1. The molecule has 1 saturated heterocycles. The van der Waals surface area contributed by atoms with Crippen molar-refractivity contribution in [3.05, 3.63) is 23.7 Å².